The van der Waals surface area contributed by atoms with Gasteiger partial charge in [-0.15, -0.1) is 12.4 Å². The van der Waals surface area contributed by atoms with Crippen LogP contribution in [0.1, 0.15) is 51.4 Å². The van der Waals surface area contributed by atoms with Crippen molar-refractivity contribution in [3.8, 4) is 0 Å². The van der Waals surface area contributed by atoms with Crippen LogP contribution in [0.2, 0.25) is 0 Å². The molecule has 6 heteroatoms. The maximum Gasteiger partial charge on any atom is 0.304 e. The highest BCUT2D eigenvalue weighted by molar-refractivity contribution is 5.85. The van der Waals surface area contributed by atoms with Gasteiger partial charge in [-0.3, -0.25) is 9.59 Å². The van der Waals surface area contributed by atoms with Crippen molar-refractivity contribution in [1.82, 2.24) is 0 Å². The predicted molar refractivity (Wildman–Crippen MR) is 73.6 cm³/mol. The number of unbranched alkanes of at least 4 members (excludes halogenated alkanes) is 5. The van der Waals surface area contributed by atoms with E-state index < -0.39 is 17.8 Å². The Morgan fingerprint density at radius 2 is 1.50 bits per heavy atom. The number of halogens is 1. The zero-order valence-corrected chi connectivity index (χ0v) is 11.6. The van der Waals surface area contributed by atoms with Gasteiger partial charge in [0, 0.05) is 5.92 Å². The second kappa shape index (κ2) is 12.6. The number of carbonyl (C=O) groups is 2. The number of nitrogens with two attached hydrogens (primary N) is 2. The van der Waals surface area contributed by atoms with Crippen LogP contribution in [0, 0.1) is 5.92 Å². The molecule has 0 bridgehead atoms. The first-order valence-corrected chi connectivity index (χ1v) is 6.29. The van der Waals surface area contributed by atoms with Gasteiger partial charge in [-0.25, -0.2) is 0 Å². The molecular weight excluding hydrogens is 256 g/mol. The van der Waals surface area contributed by atoms with Crippen LogP contribution in [0.5, 0.6) is 0 Å². The normalized spacial score (nSPS) is 11.6. The van der Waals surface area contributed by atoms with Crippen LogP contribution in [0.4, 0.5) is 0 Å². The summed E-state index contributed by atoms with van der Waals surface area (Å²) in [5.41, 5.74) is 10.5. The van der Waals surface area contributed by atoms with Crippen molar-refractivity contribution >= 4 is 24.3 Å². The fourth-order valence-corrected chi connectivity index (χ4v) is 1.80. The largest absolute Gasteiger partial charge is 0.481 e. The molecule has 0 heterocycles. The van der Waals surface area contributed by atoms with Crippen LogP contribution in [0.3, 0.4) is 0 Å². The predicted octanol–water partition coefficient (Wildman–Crippen LogP) is 1.67. The van der Waals surface area contributed by atoms with E-state index in [-0.39, 0.29) is 18.8 Å². The summed E-state index contributed by atoms with van der Waals surface area (Å²) in [7, 11) is 0. The van der Waals surface area contributed by atoms with Crippen molar-refractivity contribution in [1.29, 1.82) is 0 Å². The number of carbonyl (C=O) groups excluding carboxylic acids is 1. The first kappa shape index (κ1) is 19.5. The molecule has 1 amide bonds. The van der Waals surface area contributed by atoms with E-state index in [1.165, 1.54) is 0 Å². The molecule has 0 rings (SSSR count). The highest BCUT2D eigenvalue weighted by atomic mass is 35.5. The van der Waals surface area contributed by atoms with Gasteiger partial charge in [-0.1, -0.05) is 32.1 Å². The number of carboxylic acids is 1. The standard InChI is InChI=1S/C12H24N2O3.ClH/c13-8-6-4-2-1-3-5-7-10(12(14)17)9-11(15)16;/h10H,1-9,13H2,(H2,14,17)(H,15,16);1H. The second-order valence-corrected chi connectivity index (χ2v) is 4.40. The van der Waals surface area contributed by atoms with Gasteiger partial charge in [0.1, 0.15) is 0 Å². The van der Waals surface area contributed by atoms with E-state index in [4.69, 9.17) is 16.6 Å². The molecule has 1 unspecified atom stereocenters. The molecule has 18 heavy (non-hydrogen) atoms. The van der Waals surface area contributed by atoms with Crippen LogP contribution in [-0.2, 0) is 9.59 Å². The molecular formula is C12H25ClN2O3. The highest BCUT2D eigenvalue weighted by Gasteiger charge is 2.18. The Hall–Kier alpha value is -0.810. The molecule has 0 spiro atoms. The molecule has 5 nitrogen and oxygen atoms in total. The SMILES string of the molecule is Cl.NCCCCCCCCC(CC(=O)O)C(N)=O. The second-order valence-electron chi connectivity index (χ2n) is 4.40. The van der Waals surface area contributed by atoms with Gasteiger partial charge >= 0.3 is 5.97 Å². The Morgan fingerprint density at radius 3 is 1.94 bits per heavy atom. The average Bonchev–Trinajstić information content (AvgIpc) is 2.25. The van der Waals surface area contributed by atoms with Gasteiger partial charge in [0.15, 0.2) is 0 Å². The molecule has 0 fully saturated rings. The molecule has 5 N–H and O–H groups in total. The van der Waals surface area contributed by atoms with E-state index in [1.807, 2.05) is 0 Å². The fourth-order valence-electron chi connectivity index (χ4n) is 1.80. The third kappa shape index (κ3) is 11.7. The molecule has 0 saturated carbocycles. The summed E-state index contributed by atoms with van der Waals surface area (Å²) in [5.74, 6) is -1.98. The number of rotatable bonds is 11. The van der Waals surface area contributed by atoms with E-state index in [2.05, 4.69) is 0 Å². The molecule has 0 aromatic rings. The van der Waals surface area contributed by atoms with Crippen LogP contribution in [0.15, 0.2) is 0 Å². The number of aliphatic carboxylic acids is 1. The topological polar surface area (TPSA) is 106 Å². The fraction of sp³-hybridized carbons (Fsp3) is 0.833. The quantitative estimate of drug-likeness (QED) is 0.500. The summed E-state index contributed by atoms with van der Waals surface area (Å²) in [6, 6.07) is 0. The van der Waals surface area contributed by atoms with E-state index in [0.717, 1.165) is 45.1 Å². The maximum atomic E-state index is 11.0. The smallest absolute Gasteiger partial charge is 0.304 e. The average molecular weight is 281 g/mol. The highest BCUT2D eigenvalue weighted by Crippen LogP contribution is 2.15. The van der Waals surface area contributed by atoms with E-state index in [1.54, 1.807) is 0 Å². The zero-order chi connectivity index (χ0) is 13.1. The number of hydrogen-bond acceptors (Lipinski definition) is 3. The zero-order valence-electron chi connectivity index (χ0n) is 10.8. The maximum absolute atomic E-state index is 11.0. The summed E-state index contributed by atoms with van der Waals surface area (Å²) in [4.78, 5) is 21.5. The summed E-state index contributed by atoms with van der Waals surface area (Å²) >= 11 is 0. The Balaban J connectivity index is 0. The van der Waals surface area contributed by atoms with Crippen LogP contribution >= 0.6 is 12.4 Å². The lowest BCUT2D eigenvalue weighted by atomic mass is 9.96. The van der Waals surface area contributed by atoms with E-state index >= 15 is 0 Å². The molecule has 1 atom stereocenters. The lowest BCUT2D eigenvalue weighted by Gasteiger charge is -2.10. The monoisotopic (exact) mass is 280 g/mol. The van der Waals surface area contributed by atoms with Crippen molar-refractivity contribution < 1.29 is 14.7 Å². The minimum atomic E-state index is -0.961. The minimum Gasteiger partial charge on any atom is -0.481 e. The van der Waals surface area contributed by atoms with Crippen molar-refractivity contribution in [3.63, 3.8) is 0 Å². The molecule has 0 aromatic carbocycles. The van der Waals surface area contributed by atoms with Crippen LogP contribution in [0.25, 0.3) is 0 Å². The number of carboxylic acid groups (broad SMARTS) is 1. The molecule has 0 aliphatic rings. The molecule has 0 saturated heterocycles. The van der Waals surface area contributed by atoms with Gasteiger partial charge in [0.05, 0.1) is 6.42 Å². The van der Waals surface area contributed by atoms with Crippen LogP contribution < -0.4 is 11.5 Å². The van der Waals surface area contributed by atoms with Gasteiger partial charge < -0.3 is 16.6 Å². The Bertz CT molecular complexity index is 237. The summed E-state index contributed by atoms with van der Waals surface area (Å²) in [6.07, 6.45) is 6.78. The molecule has 0 aliphatic heterocycles. The minimum absolute atomic E-state index is 0. The Kier molecular flexibility index (Phi) is 13.7. The van der Waals surface area contributed by atoms with Gasteiger partial charge in [0.2, 0.25) is 5.91 Å². The van der Waals surface area contributed by atoms with Gasteiger partial charge in [0.25, 0.3) is 0 Å². The number of amides is 1. The summed E-state index contributed by atoms with van der Waals surface area (Å²) in [5, 5.41) is 8.61. The molecule has 108 valence electrons. The third-order valence-corrected chi connectivity index (χ3v) is 2.83. The molecule has 0 aromatic heterocycles. The summed E-state index contributed by atoms with van der Waals surface area (Å²) < 4.78 is 0. The Labute approximate surface area is 115 Å². The van der Waals surface area contributed by atoms with Crippen molar-refractivity contribution in [3.05, 3.63) is 0 Å². The Morgan fingerprint density at radius 1 is 1.00 bits per heavy atom. The number of hydrogen-bond donors (Lipinski definition) is 3. The molecule has 0 radical (unpaired) electrons. The lowest BCUT2D eigenvalue weighted by molar-refractivity contribution is -0.140. The molecule has 0 aliphatic carbocycles. The number of primary amides is 1. The van der Waals surface area contributed by atoms with E-state index in [9.17, 15) is 9.59 Å². The van der Waals surface area contributed by atoms with Crippen molar-refractivity contribution in [2.45, 2.75) is 51.4 Å². The third-order valence-electron chi connectivity index (χ3n) is 2.83. The first-order valence-electron chi connectivity index (χ1n) is 6.29. The van der Waals surface area contributed by atoms with Gasteiger partial charge in [-0.2, -0.15) is 0 Å². The van der Waals surface area contributed by atoms with Crippen LogP contribution in [-0.4, -0.2) is 23.5 Å². The van der Waals surface area contributed by atoms with Crippen molar-refractivity contribution in [2.75, 3.05) is 6.54 Å². The van der Waals surface area contributed by atoms with Crippen molar-refractivity contribution in [2.24, 2.45) is 17.4 Å². The van der Waals surface area contributed by atoms with Gasteiger partial charge in [-0.05, 0) is 19.4 Å². The van der Waals surface area contributed by atoms with E-state index in [0.29, 0.717) is 6.42 Å². The first-order chi connectivity index (χ1) is 8.07. The lowest BCUT2D eigenvalue weighted by Crippen LogP contribution is -2.25. The summed E-state index contributed by atoms with van der Waals surface area (Å²) in [6.45, 7) is 0.738.